The largest absolute Gasteiger partial charge is 0.377 e. The molecule has 1 fully saturated rings. The SMILES string of the molecule is C=CC(c1ccccc1)C1CCCO1. The van der Waals surface area contributed by atoms with E-state index in [9.17, 15) is 0 Å². The van der Waals surface area contributed by atoms with Gasteiger partial charge in [-0.15, -0.1) is 6.58 Å². The Morgan fingerprint density at radius 2 is 2.14 bits per heavy atom. The first-order valence-corrected chi connectivity index (χ1v) is 5.21. The standard InChI is InChI=1S/C13H16O/c1-2-12(13-9-6-10-14-13)11-7-4-3-5-8-11/h2-5,7-8,12-13H,1,6,9-10H2. The van der Waals surface area contributed by atoms with Gasteiger partial charge in [0.2, 0.25) is 0 Å². The van der Waals surface area contributed by atoms with Crippen LogP contribution in [-0.2, 0) is 4.74 Å². The van der Waals surface area contributed by atoms with Crippen LogP contribution in [0.25, 0.3) is 0 Å². The molecule has 2 unspecified atom stereocenters. The molecule has 1 nitrogen and oxygen atoms in total. The van der Waals surface area contributed by atoms with Gasteiger partial charge in [-0.1, -0.05) is 36.4 Å². The van der Waals surface area contributed by atoms with E-state index in [2.05, 4.69) is 30.8 Å². The fourth-order valence-electron chi connectivity index (χ4n) is 2.06. The number of rotatable bonds is 3. The summed E-state index contributed by atoms with van der Waals surface area (Å²) in [5.74, 6) is 0.360. The zero-order chi connectivity index (χ0) is 9.80. The highest BCUT2D eigenvalue weighted by molar-refractivity contribution is 5.24. The lowest BCUT2D eigenvalue weighted by Crippen LogP contribution is -2.15. The van der Waals surface area contributed by atoms with Crippen molar-refractivity contribution < 1.29 is 4.74 Å². The molecule has 74 valence electrons. The van der Waals surface area contributed by atoms with Crippen molar-refractivity contribution in [3.63, 3.8) is 0 Å². The van der Waals surface area contributed by atoms with Crippen molar-refractivity contribution in [2.24, 2.45) is 0 Å². The van der Waals surface area contributed by atoms with E-state index in [4.69, 9.17) is 4.74 Å². The summed E-state index contributed by atoms with van der Waals surface area (Å²) in [5.41, 5.74) is 1.31. The van der Waals surface area contributed by atoms with Crippen LogP contribution in [0.4, 0.5) is 0 Å². The highest BCUT2D eigenvalue weighted by Crippen LogP contribution is 2.29. The Hall–Kier alpha value is -1.08. The molecule has 0 amide bonds. The van der Waals surface area contributed by atoms with Gasteiger partial charge in [0.15, 0.2) is 0 Å². The number of hydrogen-bond acceptors (Lipinski definition) is 1. The molecule has 0 bridgehead atoms. The van der Waals surface area contributed by atoms with E-state index < -0.39 is 0 Å². The molecular formula is C13H16O. The van der Waals surface area contributed by atoms with Crippen LogP contribution in [0.5, 0.6) is 0 Å². The van der Waals surface area contributed by atoms with Crippen LogP contribution in [-0.4, -0.2) is 12.7 Å². The molecule has 2 atom stereocenters. The van der Waals surface area contributed by atoms with Gasteiger partial charge < -0.3 is 4.74 Å². The van der Waals surface area contributed by atoms with Gasteiger partial charge in [-0.3, -0.25) is 0 Å². The minimum absolute atomic E-state index is 0.342. The maximum atomic E-state index is 5.69. The van der Waals surface area contributed by atoms with Gasteiger partial charge >= 0.3 is 0 Å². The second-order valence-corrected chi connectivity index (χ2v) is 3.72. The summed E-state index contributed by atoms with van der Waals surface area (Å²) >= 11 is 0. The van der Waals surface area contributed by atoms with Gasteiger partial charge in [0.25, 0.3) is 0 Å². The lowest BCUT2D eigenvalue weighted by atomic mass is 9.92. The third-order valence-electron chi connectivity index (χ3n) is 2.80. The summed E-state index contributed by atoms with van der Waals surface area (Å²) in [6, 6.07) is 10.5. The van der Waals surface area contributed by atoms with Crippen LogP contribution in [0.3, 0.4) is 0 Å². The molecule has 0 spiro atoms. The Labute approximate surface area is 85.4 Å². The Morgan fingerprint density at radius 1 is 1.36 bits per heavy atom. The Morgan fingerprint density at radius 3 is 2.71 bits per heavy atom. The number of hydrogen-bond donors (Lipinski definition) is 0. The molecule has 0 aromatic heterocycles. The van der Waals surface area contributed by atoms with Crippen LogP contribution in [0.15, 0.2) is 43.0 Å². The molecule has 0 aliphatic carbocycles. The van der Waals surface area contributed by atoms with Gasteiger partial charge in [-0.25, -0.2) is 0 Å². The molecule has 1 aliphatic heterocycles. The van der Waals surface area contributed by atoms with Crippen molar-refractivity contribution in [3.8, 4) is 0 Å². The van der Waals surface area contributed by atoms with Crippen molar-refractivity contribution in [1.82, 2.24) is 0 Å². The maximum absolute atomic E-state index is 5.69. The van der Waals surface area contributed by atoms with Crippen molar-refractivity contribution in [1.29, 1.82) is 0 Å². The average molecular weight is 188 g/mol. The first-order valence-electron chi connectivity index (χ1n) is 5.21. The highest BCUT2D eigenvalue weighted by atomic mass is 16.5. The first kappa shape index (κ1) is 9.47. The summed E-state index contributed by atoms with van der Waals surface area (Å²) in [6.45, 7) is 4.81. The summed E-state index contributed by atoms with van der Waals surface area (Å²) in [7, 11) is 0. The minimum atomic E-state index is 0.342. The summed E-state index contributed by atoms with van der Waals surface area (Å²) in [4.78, 5) is 0. The molecular weight excluding hydrogens is 172 g/mol. The molecule has 1 aromatic rings. The zero-order valence-electron chi connectivity index (χ0n) is 8.36. The summed E-state index contributed by atoms with van der Waals surface area (Å²) in [6.07, 6.45) is 4.69. The Balaban J connectivity index is 2.16. The van der Waals surface area contributed by atoms with Crippen LogP contribution >= 0.6 is 0 Å². The molecule has 1 saturated heterocycles. The second-order valence-electron chi connectivity index (χ2n) is 3.72. The topological polar surface area (TPSA) is 9.23 Å². The van der Waals surface area contributed by atoms with Gasteiger partial charge in [0, 0.05) is 12.5 Å². The van der Waals surface area contributed by atoms with Crippen LogP contribution in [0.2, 0.25) is 0 Å². The monoisotopic (exact) mass is 188 g/mol. The van der Waals surface area contributed by atoms with E-state index in [0.717, 1.165) is 13.0 Å². The van der Waals surface area contributed by atoms with Crippen molar-refractivity contribution in [3.05, 3.63) is 48.6 Å². The summed E-state index contributed by atoms with van der Waals surface area (Å²) < 4.78 is 5.69. The third kappa shape index (κ3) is 1.88. The zero-order valence-corrected chi connectivity index (χ0v) is 8.36. The minimum Gasteiger partial charge on any atom is -0.377 e. The molecule has 14 heavy (non-hydrogen) atoms. The lowest BCUT2D eigenvalue weighted by Gasteiger charge is -2.19. The normalized spacial score (nSPS) is 23.3. The average Bonchev–Trinajstić information content (AvgIpc) is 2.74. The van der Waals surface area contributed by atoms with E-state index >= 15 is 0 Å². The third-order valence-corrected chi connectivity index (χ3v) is 2.80. The molecule has 0 radical (unpaired) electrons. The van der Waals surface area contributed by atoms with Gasteiger partial charge in [0.1, 0.15) is 0 Å². The van der Waals surface area contributed by atoms with E-state index in [0.29, 0.717) is 12.0 Å². The van der Waals surface area contributed by atoms with Crippen molar-refractivity contribution in [2.45, 2.75) is 24.9 Å². The van der Waals surface area contributed by atoms with Crippen LogP contribution < -0.4 is 0 Å². The fourth-order valence-corrected chi connectivity index (χ4v) is 2.06. The predicted octanol–water partition coefficient (Wildman–Crippen LogP) is 3.14. The van der Waals surface area contributed by atoms with Gasteiger partial charge in [-0.2, -0.15) is 0 Å². The van der Waals surface area contributed by atoms with E-state index in [-0.39, 0.29) is 0 Å². The molecule has 1 heteroatoms. The quantitative estimate of drug-likeness (QED) is 0.662. The van der Waals surface area contributed by atoms with Crippen molar-refractivity contribution >= 4 is 0 Å². The molecule has 0 N–H and O–H groups in total. The van der Waals surface area contributed by atoms with Gasteiger partial charge in [-0.05, 0) is 18.4 Å². The second kappa shape index (κ2) is 4.43. The van der Waals surface area contributed by atoms with Crippen molar-refractivity contribution in [2.75, 3.05) is 6.61 Å². The van der Waals surface area contributed by atoms with E-state index in [1.807, 2.05) is 12.1 Å². The lowest BCUT2D eigenvalue weighted by molar-refractivity contribution is 0.100. The summed E-state index contributed by atoms with van der Waals surface area (Å²) in [5, 5.41) is 0. The molecule has 1 aliphatic rings. The molecule has 1 heterocycles. The van der Waals surface area contributed by atoms with Gasteiger partial charge in [0.05, 0.1) is 6.10 Å². The number of ether oxygens (including phenoxy) is 1. The van der Waals surface area contributed by atoms with E-state index in [1.54, 1.807) is 0 Å². The van der Waals surface area contributed by atoms with Crippen LogP contribution in [0.1, 0.15) is 24.3 Å². The highest BCUT2D eigenvalue weighted by Gasteiger charge is 2.24. The Kier molecular flexibility index (Phi) is 3.00. The van der Waals surface area contributed by atoms with E-state index in [1.165, 1.54) is 12.0 Å². The fraction of sp³-hybridized carbons (Fsp3) is 0.385. The first-order chi connectivity index (χ1) is 6.92. The molecule has 2 rings (SSSR count). The maximum Gasteiger partial charge on any atom is 0.0678 e. The molecule has 1 aromatic carbocycles. The smallest absolute Gasteiger partial charge is 0.0678 e. The predicted molar refractivity (Wildman–Crippen MR) is 58.4 cm³/mol. The molecule has 0 saturated carbocycles. The Bertz CT molecular complexity index is 285. The number of benzene rings is 1. The van der Waals surface area contributed by atoms with Crippen LogP contribution in [0, 0.1) is 0 Å².